The van der Waals surface area contributed by atoms with Gasteiger partial charge in [0, 0.05) is 6.42 Å². The molecular weight excluding hydrogens is 192 g/mol. The van der Waals surface area contributed by atoms with Crippen LogP contribution in [0.15, 0.2) is 0 Å². The topological polar surface area (TPSA) is 17.1 Å². The highest BCUT2D eigenvalue weighted by molar-refractivity contribution is 8.01. The van der Waals surface area contributed by atoms with Gasteiger partial charge in [-0.25, -0.2) is 0 Å². The fourth-order valence-corrected chi connectivity index (χ4v) is 3.44. The van der Waals surface area contributed by atoms with Crippen LogP contribution < -0.4 is 0 Å². The lowest BCUT2D eigenvalue weighted by Gasteiger charge is -2.26. The van der Waals surface area contributed by atoms with E-state index in [1.165, 1.54) is 19.3 Å². The second-order valence-corrected chi connectivity index (χ2v) is 6.07. The lowest BCUT2D eigenvalue weighted by Crippen LogP contribution is -2.31. The summed E-state index contributed by atoms with van der Waals surface area (Å²) in [5.74, 6) is 2.20. The molecule has 0 aliphatic heterocycles. The Bertz CT molecular complexity index is 202. The highest BCUT2D eigenvalue weighted by Gasteiger charge is 2.43. The van der Waals surface area contributed by atoms with E-state index >= 15 is 0 Å². The number of hydrogen-bond donors (Lipinski definition) is 0. The van der Waals surface area contributed by atoms with Crippen LogP contribution in [-0.4, -0.2) is 16.3 Å². The van der Waals surface area contributed by atoms with E-state index in [2.05, 4.69) is 20.8 Å². The second kappa shape index (κ2) is 5.20. The van der Waals surface area contributed by atoms with Gasteiger partial charge in [-0.05, 0) is 31.4 Å². The van der Waals surface area contributed by atoms with Crippen LogP contribution in [0, 0.1) is 5.92 Å². The van der Waals surface area contributed by atoms with Gasteiger partial charge in [-0.15, -0.1) is 11.8 Å². The molecule has 1 aliphatic carbocycles. The first-order valence-electron chi connectivity index (χ1n) is 5.78. The third-order valence-electron chi connectivity index (χ3n) is 3.45. The molecular formula is C12H22OS. The number of thioether (sulfide) groups is 1. The van der Waals surface area contributed by atoms with Crippen molar-refractivity contribution in [1.29, 1.82) is 0 Å². The van der Waals surface area contributed by atoms with Crippen molar-refractivity contribution in [3.63, 3.8) is 0 Å². The van der Waals surface area contributed by atoms with Crippen molar-refractivity contribution in [3.8, 4) is 0 Å². The average molecular weight is 214 g/mol. The molecule has 1 fully saturated rings. The Morgan fingerprint density at radius 2 is 2.21 bits per heavy atom. The third-order valence-corrected chi connectivity index (χ3v) is 5.17. The van der Waals surface area contributed by atoms with E-state index in [1.807, 2.05) is 11.8 Å². The summed E-state index contributed by atoms with van der Waals surface area (Å²) >= 11 is 1.89. The van der Waals surface area contributed by atoms with E-state index in [4.69, 9.17) is 0 Å². The maximum atomic E-state index is 11.7. The quantitative estimate of drug-likeness (QED) is 0.650. The Balaban J connectivity index is 2.36. The molecule has 2 heteroatoms. The Hall–Kier alpha value is 0.0200. The van der Waals surface area contributed by atoms with Gasteiger partial charge in [-0.2, -0.15) is 0 Å². The van der Waals surface area contributed by atoms with Gasteiger partial charge in [0.2, 0.25) is 0 Å². The minimum absolute atomic E-state index is 0.0618. The van der Waals surface area contributed by atoms with Crippen molar-refractivity contribution in [2.75, 3.05) is 5.75 Å². The van der Waals surface area contributed by atoms with E-state index in [9.17, 15) is 4.79 Å². The highest BCUT2D eigenvalue weighted by atomic mass is 32.2. The molecule has 0 aromatic rings. The first-order valence-corrected chi connectivity index (χ1v) is 6.77. The largest absolute Gasteiger partial charge is 0.298 e. The molecule has 0 radical (unpaired) electrons. The zero-order valence-corrected chi connectivity index (χ0v) is 10.5. The summed E-state index contributed by atoms with van der Waals surface area (Å²) < 4.78 is -0.0618. The van der Waals surface area contributed by atoms with Crippen LogP contribution in [0.25, 0.3) is 0 Å². The minimum atomic E-state index is -0.0618. The van der Waals surface area contributed by atoms with Gasteiger partial charge in [0.1, 0.15) is 5.78 Å². The molecule has 0 amide bonds. The molecule has 1 saturated carbocycles. The molecule has 0 spiro atoms. The van der Waals surface area contributed by atoms with Crippen LogP contribution in [0.3, 0.4) is 0 Å². The molecule has 82 valence electrons. The standard InChI is InChI=1S/C12H22OS/c1-4-5-6-9-14-12(3)10(2)7-8-11(12)13/h10H,4-9H2,1-3H3. The number of ketones is 1. The number of rotatable bonds is 5. The van der Waals surface area contributed by atoms with Crippen LogP contribution in [0.5, 0.6) is 0 Å². The minimum Gasteiger partial charge on any atom is -0.298 e. The van der Waals surface area contributed by atoms with Gasteiger partial charge in [-0.1, -0.05) is 26.7 Å². The molecule has 0 aromatic carbocycles. The summed E-state index contributed by atoms with van der Waals surface area (Å²) in [5.41, 5.74) is 0. The first kappa shape index (κ1) is 12.1. The molecule has 1 nitrogen and oxygen atoms in total. The van der Waals surface area contributed by atoms with Crippen LogP contribution in [-0.2, 0) is 4.79 Å². The maximum Gasteiger partial charge on any atom is 0.148 e. The molecule has 0 saturated heterocycles. The molecule has 14 heavy (non-hydrogen) atoms. The smallest absolute Gasteiger partial charge is 0.148 e. The first-order chi connectivity index (χ1) is 6.61. The van der Waals surface area contributed by atoms with Crippen LogP contribution >= 0.6 is 11.8 Å². The van der Waals surface area contributed by atoms with Gasteiger partial charge in [-0.3, -0.25) is 4.79 Å². The molecule has 1 aliphatic rings. The number of carbonyl (C=O) groups excluding carboxylic acids is 1. The number of carbonyl (C=O) groups is 1. The Labute approximate surface area is 92.0 Å². The van der Waals surface area contributed by atoms with Crippen molar-refractivity contribution < 1.29 is 4.79 Å². The maximum absolute atomic E-state index is 11.7. The van der Waals surface area contributed by atoms with E-state index in [0.717, 1.165) is 18.6 Å². The number of hydrogen-bond acceptors (Lipinski definition) is 2. The van der Waals surface area contributed by atoms with E-state index in [0.29, 0.717) is 11.7 Å². The fraction of sp³-hybridized carbons (Fsp3) is 0.917. The van der Waals surface area contributed by atoms with Crippen LogP contribution in [0.2, 0.25) is 0 Å². The number of Topliss-reactive ketones (excluding diaryl/α,β-unsaturated/α-hetero) is 1. The Morgan fingerprint density at radius 1 is 1.50 bits per heavy atom. The van der Waals surface area contributed by atoms with Gasteiger partial charge in [0.05, 0.1) is 4.75 Å². The van der Waals surface area contributed by atoms with Gasteiger partial charge >= 0.3 is 0 Å². The molecule has 2 unspecified atom stereocenters. The van der Waals surface area contributed by atoms with Crippen molar-refractivity contribution in [3.05, 3.63) is 0 Å². The predicted octanol–water partition coefficient (Wildman–Crippen LogP) is 3.67. The third kappa shape index (κ3) is 2.53. The van der Waals surface area contributed by atoms with Crippen molar-refractivity contribution in [2.45, 2.75) is 57.6 Å². The van der Waals surface area contributed by atoms with E-state index < -0.39 is 0 Å². The molecule has 1 rings (SSSR count). The average Bonchev–Trinajstić information content (AvgIpc) is 2.42. The summed E-state index contributed by atoms with van der Waals surface area (Å²) in [6.07, 6.45) is 5.72. The molecule has 0 N–H and O–H groups in total. The molecule has 0 heterocycles. The van der Waals surface area contributed by atoms with Gasteiger partial charge < -0.3 is 0 Å². The highest BCUT2D eigenvalue weighted by Crippen LogP contribution is 2.43. The zero-order chi connectivity index (χ0) is 10.6. The van der Waals surface area contributed by atoms with Crippen LogP contribution in [0.4, 0.5) is 0 Å². The van der Waals surface area contributed by atoms with Crippen molar-refractivity contribution >= 4 is 17.5 Å². The molecule has 0 aromatic heterocycles. The molecule has 0 bridgehead atoms. The second-order valence-electron chi connectivity index (χ2n) is 4.53. The zero-order valence-electron chi connectivity index (χ0n) is 9.64. The molecule has 2 atom stereocenters. The fourth-order valence-electron chi connectivity index (χ4n) is 2.01. The van der Waals surface area contributed by atoms with Gasteiger partial charge in [0.25, 0.3) is 0 Å². The predicted molar refractivity (Wildman–Crippen MR) is 63.8 cm³/mol. The Kier molecular flexibility index (Phi) is 4.49. The van der Waals surface area contributed by atoms with Crippen LogP contribution in [0.1, 0.15) is 52.9 Å². The SMILES string of the molecule is CCCCCSC1(C)C(=O)CCC1C. The van der Waals surface area contributed by atoms with Gasteiger partial charge in [0.15, 0.2) is 0 Å². The lowest BCUT2D eigenvalue weighted by molar-refractivity contribution is -0.119. The Morgan fingerprint density at radius 3 is 2.71 bits per heavy atom. The summed E-state index contributed by atoms with van der Waals surface area (Å²) in [5, 5.41) is 0. The summed E-state index contributed by atoms with van der Waals surface area (Å²) in [6, 6.07) is 0. The van der Waals surface area contributed by atoms with E-state index in [1.54, 1.807) is 0 Å². The van der Waals surface area contributed by atoms with E-state index in [-0.39, 0.29) is 4.75 Å². The van der Waals surface area contributed by atoms with Crippen molar-refractivity contribution in [2.24, 2.45) is 5.92 Å². The summed E-state index contributed by atoms with van der Waals surface area (Å²) in [7, 11) is 0. The summed E-state index contributed by atoms with van der Waals surface area (Å²) in [4.78, 5) is 11.7. The lowest BCUT2D eigenvalue weighted by atomic mass is 9.99. The van der Waals surface area contributed by atoms with Crippen molar-refractivity contribution in [1.82, 2.24) is 0 Å². The normalized spacial score (nSPS) is 32.5. The monoisotopic (exact) mass is 214 g/mol. The number of unbranched alkanes of at least 4 members (excludes halogenated alkanes) is 2. The summed E-state index contributed by atoms with van der Waals surface area (Å²) in [6.45, 7) is 6.58.